The third-order valence-electron chi connectivity index (χ3n) is 8.31. The molecular formula is C49H94N4O5. The molecule has 9 nitrogen and oxygen atoms in total. The molecule has 2 rings (SSSR count). The summed E-state index contributed by atoms with van der Waals surface area (Å²) < 4.78 is 0. The van der Waals surface area contributed by atoms with E-state index in [2.05, 4.69) is 115 Å². The molecule has 0 spiro atoms. The number of nitrogens with one attached hydrogen (secondary N) is 2. The average Bonchev–Trinajstić information content (AvgIpc) is 3.72. The monoisotopic (exact) mass is 819 g/mol. The van der Waals surface area contributed by atoms with Crippen molar-refractivity contribution in [3.05, 3.63) is 54.3 Å². The van der Waals surface area contributed by atoms with Crippen molar-refractivity contribution < 1.29 is 24.3 Å². The number of para-hydroxylation sites is 1. The minimum absolute atomic E-state index is 0.0492. The first-order valence-electron chi connectivity index (χ1n) is 22.8. The van der Waals surface area contributed by atoms with Gasteiger partial charge in [-0.15, -0.1) is 0 Å². The van der Waals surface area contributed by atoms with Gasteiger partial charge in [0.2, 0.25) is 18.2 Å². The van der Waals surface area contributed by atoms with Crippen molar-refractivity contribution in [1.82, 2.24) is 15.5 Å². The van der Waals surface area contributed by atoms with Crippen LogP contribution in [-0.4, -0.2) is 73.3 Å². The fourth-order valence-electron chi connectivity index (χ4n) is 5.03. The highest BCUT2D eigenvalue weighted by Crippen LogP contribution is 2.21. The number of aliphatic hydroxyl groups excluding tert-OH is 1. The number of rotatable bonds is 20. The van der Waals surface area contributed by atoms with E-state index < -0.39 is 0 Å². The first-order chi connectivity index (χ1) is 27.9. The Morgan fingerprint density at radius 2 is 1.33 bits per heavy atom. The first kappa shape index (κ1) is 63.7. The number of nitrogens with zero attached hydrogens (tertiary/aromatic N) is 2. The quantitative estimate of drug-likeness (QED) is 0.0685. The van der Waals surface area contributed by atoms with E-state index in [1.54, 1.807) is 4.90 Å². The average molecular weight is 819 g/mol. The summed E-state index contributed by atoms with van der Waals surface area (Å²) in [6, 6.07) is 10.3. The highest BCUT2D eigenvalue weighted by atomic mass is 16.2. The number of hydrogen-bond donors (Lipinski definition) is 3. The molecule has 9 heteroatoms. The van der Waals surface area contributed by atoms with Crippen LogP contribution in [0.4, 0.5) is 5.69 Å². The van der Waals surface area contributed by atoms with Gasteiger partial charge in [0.1, 0.15) is 0 Å². The van der Waals surface area contributed by atoms with E-state index in [0.29, 0.717) is 18.8 Å². The van der Waals surface area contributed by atoms with E-state index in [1.165, 1.54) is 49.9 Å². The van der Waals surface area contributed by atoms with Crippen LogP contribution in [0.3, 0.4) is 0 Å². The van der Waals surface area contributed by atoms with E-state index in [9.17, 15) is 19.2 Å². The fraction of sp³-hybridized carbons (Fsp3) is 0.714. The number of aliphatic hydroxyl groups is 1. The second kappa shape index (κ2) is 49.7. The highest BCUT2D eigenvalue weighted by Gasteiger charge is 2.28. The van der Waals surface area contributed by atoms with Gasteiger partial charge in [0.05, 0.1) is 12.6 Å². The Labute approximate surface area is 359 Å². The van der Waals surface area contributed by atoms with Gasteiger partial charge in [-0.2, -0.15) is 0 Å². The van der Waals surface area contributed by atoms with E-state index in [-0.39, 0.29) is 36.2 Å². The van der Waals surface area contributed by atoms with Gasteiger partial charge in [0, 0.05) is 51.0 Å². The molecule has 1 aromatic rings. The zero-order valence-corrected chi connectivity index (χ0v) is 40.4. The maximum atomic E-state index is 12.0. The van der Waals surface area contributed by atoms with Crippen LogP contribution in [-0.2, 0) is 19.2 Å². The highest BCUT2D eigenvalue weighted by molar-refractivity contribution is 5.86. The van der Waals surface area contributed by atoms with Gasteiger partial charge in [0.25, 0.3) is 0 Å². The van der Waals surface area contributed by atoms with Crippen molar-refractivity contribution in [3.63, 3.8) is 0 Å². The molecule has 3 N–H and O–H groups in total. The van der Waals surface area contributed by atoms with Crippen molar-refractivity contribution in [1.29, 1.82) is 0 Å². The number of likely N-dealkylation sites (tertiary alicyclic amines) is 1. The number of unbranched alkanes of at least 4 members (excludes halogenated alkanes) is 3. The Hall–Kier alpha value is -3.46. The molecule has 1 heterocycles. The lowest BCUT2D eigenvalue weighted by atomic mass is 10.1. The Morgan fingerprint density at radius 1 is 0.810 bits per heavy atom. The molecule has 58 heavy (non-hydrogen) atoms. The van der Waals surface area contributed by atoms with Crippen LogP contribution < -0.4 is 15.5 Å². The number of carbonyl (C=O) groups is 4. The largest absolute Gasteiger partial charge is 0.400 e. The summed E-state index contributed by atoms with van der Waals surface area (Å²) >= 11 is 0. The van der Waals surface area contributed by atoms with Crippen LogP contribution in [0.1, 0.15) is 186 Å². The molecule has 1 aliphatic rings. The van der Waals surface area contributed by atoms with Crippen LogP contribution in [0.5, 0.6) is 0 Å². The van der Waals surface area contributed by atoms with E-state index >= 15 is 0 Å². The Morgan fingerprint density at radius 3 is 1.78 bits per heavy atom. The van der Waals surface area contributed by atoms with Gasteiger partial charge in [0.15, 0.2) is 5.78 Å². The van der Waals surface area contributed by atoms with Gasteiger partial charge < -0.3 is 25.5 Å². The van der Waals surface area contributed by atoms with Gasteiger partial charge in [-0.1, -0.05) is 145 Å². The molecule has 1 fully saturated rings. The van der Waals surface area contributed by atoms with Crippen LogP contribution in [0, 0.1) is 5.92 Å². The molecular weight excluding hydrogens is 725 g/mol. The number of allylic oxidation sites excluding steroid dienone is 4. The molecule has 0 aliphatic carbocycles. The van der Waals surface area contributed by atoms with E-state index in [1.807, 2.05) is 45.9 Å². The number of ketones is 1. The minimum Gasteiger partial charge on any atom is -0.400 e. The maximum Gasteiger partial charge on any atom is 0.239 e. The van der Waals surface area contributed by atoms with E-state index in [4.69, 9.17) is 5.11 Å². The number of carbonyl (C=O) groups excluding carboxylic acids is 4. The summed E-state index contributed by atoms with van der Waals surface area (Å²) in [7, 11) is 3.08. The molecule has 0 bridgehead atoms. The molecule has 1 aromatic carbocycles. The summed E-state index contributed by atoms with van der Waals surface area (Å²) in [4.78, 5) is 49.6. The van der Waals surface area contributed by atoms with Gasteiger partial charge in [-0.3, -0.25) is 19.2 Å². The lowest BCUT2D eigenvalue weighted by Gasteiger charge is -2.23. The Kier molecular flexibility index (Phi) is 54.6. The zero-order valence-electron chi connectivity index (χ0n) is 40.4. The van der Waals surface area contributed by atoms with Crippen LogP contribution in [0.2, 0.25) is 0 Å². The second-order valence-corrected chi connectivity index (χ2v) is 14.3. The summed E-state index contributed by atoms with van der Waals surface area (Å²) in [6.45, 7) is 27.9. The smallest absolute Gasteiger partial charge is 0.239 e. The Bertz CT molecular complexity index is 1100. The predicted molar refractivity (Wildman–Crippen MR) is 253 cm³/mol. The third-order valence-corrected chi connectivity index (χ3v) is 8.31. The molecule has 0 aromatic heterocycles. The summed E-state index contributed by atoms with van der Waals surface area (Å²) in [6.07, 6.45) is 22.5. The minimum atomic E-state index is -0.132. The van der Waals surface area contributed by atoms with Gasteiger partial charge in [-0.05, 0) is 82.8 Å². The fourth-order valence-corrected chi connectivity index (χ4v) is 5.03. The SMILES string of the molecule is CC.CC/C=C(\CCCCC(=O)NCC(=O)NC(C)C(C)C)N(C)c1ccccc1.CCC.CCC.CCC/C=C/CCC.CCCC(=O)C1CCCN1C=O.CO. The summed E-state index contributed by atoms with van der Waals surface area (Å²) in [5.41, 5.74) is 2.44. The lowest BCUT2D eigenvalue weighted by Crippen LogP contribution is -2.42. The number of anilines is 1. The van der Waals surface area contributed by atoms with Crippen molar-refractivity contribution >= 4 is 29.7 Å². The van der Waals surface area contributed by atoms with Crippen molar-refractivity contribution in [2.75, 3.05) is 32.1 Å². The topological polar surface area (TPSA) is 119 Å². The molecule has 2 atom stereocenters. The number of benzene rings is 1. The first-order valence-corrected chi connectivity index (χ1v) is 22.8. The summed E-state index contributed by atoms with van der Waals surface area (Å²) in [5, 5.41) is 12.6. The molecule has 1 saturated heterocycles. The summed E-state index contributed by atoms with van der Waals surface area (Å²) in [5.74, 6) is 0.401. The number of Topliss-reactive ketones (excluding diaryl/α,β-unsaturated/α-hetero) is 1. The van der Waals surface area contributed by atoms with Crippen molar-refractivity contribution in [2.24, 2.45) is 5.92 Å². The zero-order chi connectivity index (χ0) is 45.6. The molecule has 2 unspecified atom stereocenters. The standard InChI is InChI=1S/C23H37N3O2.C9H15NO2.C8H16.2C3H8.C2H6.CH4O/c1-6-12-20(26(5)21-13-8-7-9-14-21)15-10-11-16-22(27)24-17-23(28)25-19(4)18(2)3;1-2-4-9(12)8-5-3-6-10(8)7-11;1-3-5-7-8-6-4-2;2*1-3-2;2*1-2/h7-9,12-14,18-19H,6,10-11,15-17H2,1-5H3,(H,24,27)(H,25,28);7-8H,2-6H2,1H3;7-8H,3-6H2,1-2H3;2*3H2,1-2H3;1-2H3;2H,1H3/b20-12+;;8-7+;;;;. The molecule has 0 saturated carbocycles. The second-order valence-electron chi connectivity index (χ2n) is 14.3. The van der Waals surface area contributed by atoms with Crippen LogP contribution in [0.25, 0.3) is 0 Å². The lowest BCUT2D eigenvalue weighted by molar-refractivity contribution is -0.129. The normalized spacial score (nSPS) is 13.1. The molecule has 3 amide bonds. The molecule has 0 radical (unpaired) electrons. The molecule has 340 valence electrons. The van der Waals surface area contributed by atoms with Crippen molar-refractivity contribution in [3.8, 4) is 0 Å². The van der Waals surface area contributed by atoms with Gasteiger partial charge >= 0.3 is 0 Å². The van der Waals surface area contributed by atoms with Crippen molar-refractivity contribution in [2.45, 2.75) is 198 Å². The number of hydrogen-bond acceptors (Lipinski definition) is 6. The Balaban J connectivity index is -0.000000255. The van der Waals surface area contributed by atoms with E-state index in [0.717, 1.165) is 65.0 Å². The maximum absolute atomic E-state index is 12.0. The predicted octanol–water partition coefficient (Wildman–Crippen LogP) is 11.8. The van der Waals surface area contributed by atoms with Crippen LogP contribution >= 0.6 is 0 Å². The molecule has 1 aliphatic heterocycles. The number of amides is 3. The van der Waals surface area contributed by atoms with Gasteiger partial charge in [-0.25, -0.2) is 0 Å². The third kappa shape index (κ3) is 39.4. The van der Waals surface area contributed by atoms with Crippen LogP contribution in [0.15, 0.2) is 54.3 Å².